The predicted molar refractivity (Wildman–Crippen MR) is 46.2 cm³/mol. The molecule has 0 saturated heterocycles. The van der Waals surface area contributed by atoms with Crippen LogP contribution in [-0.2, 0) is 0 Å². The van der Waals surface area contributed by atoms with Gasteiger partial charge in [-0.3, -0.25) is 0 Å². The van der Waals surface area contributed by atoms with Crippen molar-refractivity contribution in [2.75, 3.05) is 26.2 Å². The molecule has 3 nitrogen and oxygen atoms in total. The molecular weight excluding hydrogens is 138 g/mol. The van der Waals surface area contributed by atoms with Crippen molar-refractivity contribution in [2.24, 2.45) is 5.92 Å². The number of nitriles is 1. The lowest BCUT2D eigenvalue weighted by molar-refractivity contribution is 0.535. The van der Waals surface area contributed by atoms with Gasteiger partial charge in [-0.05, 0) is 13.1 Å². The van der Waals surface area contributed by atoms with Crippen molar-refractivity contribution in [3.05, 3.63) is 0 Å². The number of nitrogens with zero attached hydrogens (tertiary/aromatic N) is 1. The number of rotatable bonds is 6. The molecule has 0 amide bonds. The molecule has 0 atom stereocenters. The molecule has 0 aliphatic rings. The maximum Gasteiger partial charge on any atom is 0.0712 e. The van der Waals surface area contributed by atoms with Crippen LogP contribution in [0.4, 0.5) is 0 Å². The number of nitrogens with one attached hydrogen (secondary N) is 2. The van der Waals surface area contributed by atoms with Gasteiger partial charge >= 0.3 is 0 Å². The lowest BCUT2D eigenvalue weighted by Gasteiger charge is -2.08. The zero-order valence-electron chi connectivity index (χ0n) is 7.35. The highest BCUT2D eigenvalue weighted by atomic mass is 14.9. The van der Waals surface area contributed by atoms with E-state index in [9.17, 15) is 0 Å². The summed E-state index contributed by atoms with van der Waals surface area (Å²) in [6.07, 6.45) is 0. The molecule has 0 spiro atoms. The molecule has 0 saturated carbocycles. The lowest BCUT2D eigenvalue weighted by atomic mass is 10.2. The fourth-order valence-corrected chi connectivity index (χ4v) is 0.801. The van der Waals surface area contributed by atoms with Crippen LogP contribution in [0.5, 0.6) is 0 Å². The quantitative estimate of drug-likeness (QED) is 0.581. The van der Waals surface area contributed by atoms with Crippen LogP contribution in [0.25, 0.3) is 0 Å². The van der Waals surface area contributed by atoms with E-state index in [-0.39, 0.29) is 5.92 Å². The molecule has 0 fully saturated rings. The van der Waals surface area contributed by atoms with Crippen molar-refractivity contribution in [3.63, 3.8) is 0 Å². The van der Waals surface area contributed by atoms with Gasteiger partial charge < -0.3 is 10.6 Å². The Labute approximate surface area is 68.8 Å². The summed E-state index contributed by atoms with van der Waals surface area (Å²) in [6, 6.07) is 2.25. The summed E-state index contributed by atoms with van der Waals surface area (Å²) >= 11 is 0. The van der Waals surface area contributed by atoms with Crippen molar-refractivity contribution in [2.45, 2.75) is 13.8 Å². The van der Waals surface area contributed by atoms with Crippen LogP contribution in [0.2, 0.25) is 0 Å². The molecule has 11 heavy (non-hydrogen) atoms. The van der Waals surface area contributed by atoms with Crippen LogP contribution in [0.1, 0.15) is 13.8 Å². The fraction of sp³-hybridized carbons (Fsp3) is 0.875. The van der Waals surface area contributed by atoms with Gasteiger partial charge in [0, 0.05) is 13.1 Å². The van der Waals surface area contributed by atoms with Gasteiger partial charge in [-0.25, -0.2) is 0 Å². The van der Waals surface area contributed by atoms with Gasteiger partial charge in [0.2, 0.25) is 0 Å². The molecule has 0 aromatic carbocycles. The Balaban J connectivity index is 3.35. The van der Waals surface area contributed by atoms with E-state index in [4.69, 9.17) is 5.26 Å². The second-order valence-electron chi connectivity index (χ2n) is 2.44. The molecule has 0 radical (unpaired) electrons. The Bertz CT molecular complexity index is 109. The van der Waals surface area contributed by atoms with E-state index < -0.39 is 0 Å². The normalized spacial score (nSPS) is 10.0. The first kappa shape index (κ1) is 10.4. The first-order valence-electron chi connectivity index (χ1n) is 4.16. The third-order valence-corrected chi connectivity index (χ3v) is 1.46. The Hall–Kier alpha value is -0.590. The van der Waals surface area contributed by atoms with Crippen LogP contribution < -0.4 is 10.6 Å². The first-order chi connectivity index (χ1) is 5.35. The minimum atomic E-state index is 0.106. The predicted octanol–water partition coefficient (Wildman–Crippen LogP) is 0.345. The second-order valence-corrected chi connectivity index (χ2v) is 2.44. The molecule has 2 N–H and O–H groups in total. The highest BCUT2D eigenvalue weighted by molar-refractivity contribution is 4.85. The summed E-state index contributed by atoms with van der Waals surface area (Å²) < 4.78 is 0. The van der Waals surface area contributed by atoms with Crippen LogP contribution in [0.3, 0.4) is 0 Å². The smallest absolute Gasteiger partial charge is 0.0712 e. The zero-order valence-corrected chi connectivity index (χ0v) is 7.35. The van der Waals surface area contributed by atoms with Crippen LogP contribution in [-0.4, -0.2) is 26.2 Å². The molecule has 0 heterocycles. The van der Waals surface area contributed by atoms with Gasteiger partial charge in [0.25, 0.3) is 0 Å². The van der Waals surface area contributed by atoms with E-state index >= 15 is 0 Å². The molecular formula is C8H17N3. The molecule has 0 bridgehead atoms. The summed E-state index contributed by atoms with van der Waals surface area (Å²) in [6.45, 7) is 7.54. The molecule has 3 heteroatoms. The van der Waals surface area contributed by atoms with Crippen molar-refractivity contribution in [1.29, 1.82) is 5.26 Å². The summed E-state index contributed by atoms with van der Waals surface area (Å²) in [4.78, 5) is 0. The minimum absolute atomic E-state index is 0.106. The van der Waals surface area contributed by atoms with E-state index in [1.807, 2.05) is 13.8 Å². The molecule has 0 aromatic rings. The highest BCUT2D eigenvalue weighted by Gasteiger charge is 2.03. The van der Waals surface area contributed by atoms with Gasteiger partial charge in [-0.2, -0.15) is 5.26 Å². The molecule has 0 aliphatic heterocycles. The molecule has 64 valence electrons. The van der Waals surface area contributed by atoms with Gasteiger partial charge in [0.05, 0.1) is 12.0 Å². The van der Waals surface area contributed by atoms with Gasteiger partial charge in [0.15, 0.2) is 0 Å². The summed E-state index contributed by atoms with van der Waals surface area (Å²) in [7, 11) is 0. The lowest BCUT2D eigenvalue weighted by Crippen LogP contribution is -2.30. The monoisotopic (exact) mass is 155 g/mol. The highest BCUT2D eigenvalue weighted by Crippen LogP contribution is 1.88. The third-order valence-electron chi connectivity index (χ3n) is 1.46. The number of hydrogen-bond donors (Lipinski definition) is 2. The van der Waals surface area contributed by atoms with Crippen LogP contribution >= 0.6 is 0 Å². The van der Waals surface area contributed by atoms with E-state index in [2.05, 4.69) is 16.7 Å². The van der Waals surface area contributed by atoms with E-state index in [1.165, 1.54) is 0 Å². The Morgan fingerprint density at radius 2 is 1.64 bits per heavy atom. The maximum absolute atomic E-state index is 8.65. The van der Waals surface area contributed by atoms with Gasteiger partial charge in [-0.1, -0.05) is 13.8 Å². The third kappa shape index (κ3) is 5.84. The molecule has 0 unspecified atom stereocenters. The minimum Gasteiger partial charge on any atom is -0.316 e. The average molecular weight is 155 g/mol. The van der Waals surface area contributed by atoms with Crippen LogP contribution in [0, 0.1) is 17.2 Å². The maximum atomic E-state index is 8.65. The Morgan fingerprint density at radius 3 is 1.91 bits per heavy atom. The molecule has 0 aromatic heterocycles. The Morgan fingerprint density at radius 1 is 1.18 bits per heavy atom. The van der Waals surface area contributed by atoms with Gasteiger partial charge in [-0.15, -0.1) is 0 Å². The van der Waals surface area contributed by atoms with E-state index in [1.54, 1.807) is 0 Å². The Kier molecular flexibility index (Phi) is 7.11. The van der Waals surface area contributed by atoms with Crippen LogP contribution in [0.15, 0.2) is 0 Å². The molecule has 0 rings (SSSR count). The van der Waals surface area contributed by atoms with Gasteiger partial charge in [0.1, 0.15) is 0 Å². The van der Waals surface area contributed by atoms with E-state index in [0.717, 1.165) is 26.2 Å². The summed E-state index contributed by atoms with van der Waals surface area (Å²) in [5.74, 6) is 0.106. The second kappa shape index (κ2) is 7.52. The fourth-order valence-electron chi connectivity index (χ4n) is 0.801. The summed E-state index contributed by atoms with van der Waals surface area (Å²) in [5, 5.41) is 14.9. The average Bonchev–Trinajstić information content (AvgIpc) is 2.05. The number of hydrogen-bond acceptors (Lipinski definition) is 3. The largest absolute Gasteiger partial charge is 0.316 e. The summed E-state index contributed by atoms with van der Waals surface area (Å²) in [5.41, 5.74) is 0. The van der Waals surface area contributed by atoms with Crippen molar-refractivity contribution in [3.8, 4) is 6.07 Å². The van der Waals surface area contributed by atoms with Crippen molar-refractivity contribution >= 4 is 0 Å². The standard InChI is InChI=1S/C8H17N3/c1-3-10-6-8(5-9)7-11-4-2/h8,10-11H,3-4,6-7H2,1-2H3. The SMILES string of the molecule is CCNCC(C#N)CNCC. The zero-order chi connectivity index (χ0) is 8.53. The first-order valence-corrected chi connectivity index (χ1v) is 4.16. The molecule has 0 aliphatic carbocycles. The van der Waals surface area contributed by atoms with Crippen molar-refractivity contribution in [1.82, 2.24) is 10.6 Å². The topological polar surface area (TPSA) is 47.9 Å². The van der Waals surface area contributed by atoms with E-state index in [0.29, 0.717) is 0 Å². The van der Waals surface area contributed by atoms with Crippen molar-refractivity contribution < 1.29 is 0 Å².